The molecule has 0 spiro atoms. The highest BCUT2D eigenvalue weighted by Gasteiger charge is 2.33. The van der Waals surface area contributed by atoms with Gasteiger partial charge in [-0.3, -0.25) is 13.9 Å². The molecule has 0 fully saturated rings. The lowest BCUT2D eigenvalue weighted by Gasteiger charge is -2.32. The summed E-state index contributed by atoms with van der Waals surface area (Å²) in [6, 6.07) is 19.1. The minimum atomic E-state index is -4.19. The number of nitrogens with zero attached hydrogens (tertiary/aromatic N) is 2. The van der Waals surface area contributed by atoms with Crippen LogP contribution in [0.15, 0.2) is 77.7 Å². The van der Waals surface area contributed by atoms with Crippen LogP contribution in [0.4, 0.5) is 5.69 Å². The number of aryl methyl sites for hydroxylation is 1. The quantitative estimate of drug-likeness (QED) is 0.279. The van der Waals surface area contributed by atoms with Crippen LogP contribution in [0.3, 0.4) is 0 Å². The largest absolute Gasteiger partial charge is 0.495 e. The highest BCUT2D eigenvalue weighted by atomic mass is 35.5. The van der Waals surface area contributed by atoms with Gasteiger partial charge in [-0.2, -0.15) is 0 Å². The summed E-state index contributed by atoms with van der Waals surface area (Å²) in [6.07, 6.45) is 1.71. The van der Waals surface area contributed by atoms with Crippen LogP contribution in [0.25, 0.3) is 0 Å². The molecule has 214 valence electrons. The van der Waals surface area contributed by atoms with Crippen molar-refractivity contribution in [1.29, 1.82) is 0 Å². The summed E-state index contributed by atoms with van der Waals surface area (Å²) >= 11 is 6.05. The molecule has 0 bridgehead atoms. The molecule has 0 saturated carbocycles. The Hall–Kier alpha value is -3.56. The Kier molecular flexibility index (Phi) is 11.0. The highest BCUT2D eigenvalue weighted by Crippen LogP contribution is 2.33. The van der Waals surface area contributed by atoms with Crippen molar-refractivity contribution in [1.82, 2.24) is 10.2 Å². The molecule has 0 aromatic heterocycles. The lowest BCUT2D eigenvalue weighted by molar-refractivity contribution is -0.139. The Morgan fingerprint density at radius 2 is 1.70 bits per heavy atom. The van der Waals surface area contributed by atoms with Crippen molar-refractivity contribution in [3.05, 3.63) is 88.9 Å². The van der Waals surface area contributed by atoms with Gasteiger partial charge in [0.15, 0.2) is 0 Å². The zero-order valence-corrected chi connectivity index (χ0v) is 24.8. The highest BCUT2D eigenvalue weighted by molar-refractivity contribution is 7.92. The number of hydrogen-bond acceptors (Lipinski definition) is 5. The average Bonchev–Trinajstić information content (AvgIpc) is 2.95. The Bertz CT molecular complexity index is 1400. The molecule has 1 N–H and O–H groups in total. The van der Waals surface area contributed by atoms with E-state index in [9.17, 15) is 18.0 Å². The summed E-state index contributed by atoms with van der Waals surface area (Å²) in [5.41, 5.74) is 1.76. The van der Waals surface area contributed by atoms with Crippen LogP contribution in [0, 0.1) is 6.92 Å². The van der Waals surface area contributed by atoms with Crippen molar-refractivity contribution in [2.45, 2.75) is 51.1 Å². The number of carbonyl (C=O) groups is 2. The molecule has 10 heteroatoms. The van der Waals surface area contributed by atoms with Crippen LogP contribution >= 0.6 is 11.6 Å². The second kappa shape index (κ2) is 14.2. The van der Waals surface area contributed by atoms with E-state index in [1.165, 1.54) is 24.1 Å². The van der Waals surface area contributed by atoms with Crippen molar-refractivity contribution in [2.24, 2.45) is 0 Å². The average molecular weight is 586 g/mol. The van der Waals surface area contributed by atoms with Gasteiger partial charge in [-0.1, -0.05) is 61.3 Å². The molecule has 0 aliphatic heterocycles. The number of sulfonamides is 1. The fourth-order valence-corrected chi connectivity index (χ4v) is 5.70. The van der Waals surface area contributed by atoms with Crippen LogP contribution < -0.4 is 14.4 Å². The SMILES string of the molecule is CCCCNC(=O)C(C)N(Cc1ccc(Cl)cc1)C(=O)CN(c1cc(C)ccc1OC)S(=O)(=O)c1ccccc1. The first-order chi connectivity index (χ1) is 19.1. The summed E-state index contributed by atoms with van der Waals surface area (Å²) < 4.78 is 34.4. The van der Waals surface area contributed by atoms with Gasteiger partial charge < -0.3 is 15.0 Å². The van der Waals surface area contributed by atoms with E-state index in [-0.39, 0.29) is 23.0 Å². The van der Waals surface area contributed by atoms with E-state index < -0.39 is 28.5 Å². The summed E-state index contributed by atoms with van der Waals surface area (Å²) in [4.78, 5) is 28.5. The molecule has 40 heavy (non-hydrogen) atoms. The molecule has 3 rings (SSSR count). The van der Waals surface area contributed by atoms with E-state index in [4.69, 9.17) is 16.3 Å². The van der Waals surface area contributed by atoms with Gasteiger partial charge in [-0.05, 0) is 67.8 Å². The van der Waals surface area contributed by atoms with Gasteiger partial charge in [0.2, 0.25) is 11.8 Å². The minimum Gasteiger partial charge on any atom is -0.495 e. The van der Waals surface area contributed by atoms with E-state index in [1.807, 2.05) is 13.8 Å². The second-order valence-electron chi connectivity index (χ2n) is 9.47. The van der Waals surface area contributed by atoms with Crippen molar-refractivity contribution in [3.63, 3.8) is 0 Å². The number of ether oxygens (including phenoxy) is 1. The third-order valence-electron chi connectivity index (χ3n) is 6.48. The van der Waals surface area contributed by atoms with Crippen molar-refractivity contribution in [2.75, 3.05) is 24.5 Å². The molecule has 3 aromatic rings. The molecule has 8 nitrogen and oxygen atoms in total. The van der Waals surface area contributed by atoms with E-state index in [0.29, 0.717) is 17.3 Å². The number of halogens is 1. The number of anilines is 1. The van der Waals surface area contributed by atoms with Crippen LogP contribution in [-0.2, 0) is 26.2 Å². The molecule has 0 heterocycles. The normalized spacial score (nSPS) is 11.9. The molecular weight excluding hydrogens is 550 g/mol. The van der Waals surface area contributed by atoms with Gasteiger partial charge in [0.05, 0.1) is 17.7 Å². The third kappa shape index (κ3) is 7.76. The summed E-state index contributed by atoms with van der Waals surface area (Å²) in [6.45, 7) is 5.51. The number of benzene rings is 3. The molecule has 1 atom stereocenters. The zero-order valence-electron chi connectivity index (χ0n) is 23.3. The lowest BCUT2D eigenvalue weighted by Crippen LogP contribution is -2.51. The van der Waals surface area contributed by atoms with E-state index in [2.05, 4.69) is 5.32 Å². The first-order valence-electron chi connectivity index (χ1n) is 13.1. The maximum atomic E-state index is 14.0. The van der Waals surface area contributed by atoms with Gasteiger partial charge in [0.25, 0.3) is 10.0 Å². The Morgan fingerprint density at radius 3 is 2.33 bits per heavy atom. The number of nitrogens with one attached hydrogen (secondary N) is 1. The van der Waals surface area contributed by atoms with Crippen LogP contribution in [-0.4, -0.2) is 51.4 Å². The molecule has 0 radical (unpaired) electrons. The number of amides is 2. The predicted molar refractivity (Wildman–Crippen MR) is 158 cm³/mol. The summed E-state index contributed by atoms with van der Waals surface area (Å²) in [7, 11) is -2.74. The Balaban J connectivity index is 2.05. The second-order valence-corrected chi connectivity index (χ2v) is 11.8. The number of rotatable bonds is 13. The Labute approximate surface area is 241 Å². The molecule has 3 aromatic carbocycles. The number of hydrogen-bond donors (Lipinski definition) is 1. The van der Waals surface area contributed by atoms with Crippen LogP contribution in [0.1, 0.15) is 37.8 Å². The first-order valence-corrected chi connectivity index (χ1v) is 14.9. The van der Waals surface area contributed by atoms with Crippen LogP contribution in [0.2, 0.25) is 5.02 Å². The number of unbranched alkanes of at least 4 members (excludes halogenated alkanes) is 1. The molecule has 2 amide bonds. The van der Waals surface area contributed by atoms with Crippen LogP contribution in [0.5, 0.6) is 5.75 Å². The van der Waals surface area contributed by atoms with Gasteiger partial charge in [-0.25, -0.2) is 8.42 Å². The minimum absolute atomic E-state index is 0.0287. The maximum absolute atomic E-state index is 14.0. The number of carbonyl (C=O) groups excluding carboxylic acids is 2. The smallest absolute Gasteiger partial charge is 0.264 e. The van der Waals surface area contributed by atoms with Crippen molar-refractivity contribution in [3.8, 4) is 5.75 Å². The predicted octanol–water partition coefficient (Wildman–Crippen LogP) is 5.19. The third-order valence-corrected chi connectivity index (χ3v) is 8.50. The molecule has 0 aliphatic rings. The maximum Gasteiger partial charge on any atom is 0.264 e. The monoisotopic (exact) mass is 585 g/mol. The summed E-state index contributed by atoms with van der Waals surface area (Å²) in [5, 5.41) is 3.42. The summed E-state index contributed by atoms with van der Waals surface area (Å²) in [5.74, 6) is -0.565. The Morgan fingerprint density at radius 1 is 1.02 bits per heavy atom. The van der Waals surface area contributed by atoms with Gasteiger partial charge in [-0.15, -0.1) is 0 Å². The lowest BCUT2D eigenvalue weighted by atomic mass is 10.1. The van der Waals surface area contributed by atoms with E-state index in [1.54, 1.807) is 67.6 Å². The first kappa shape index (κ1) is 31.0. The standard InChI is InChI=1S/C30H36ClN3O5S/c1-5-6-18-32-30(36)23(3)33(20-24-13-15-25(31)16-14-24)29(35)21-34(27-19-22(2)12-17-28(27)39-4)40(37,38)26-10-8-7-9-11-26/h7-17,19,23H,5-6,18,20-21H2,1-4H3,(H,32,36). The van der Waals surface area contributed by atoms with Gasteiger partial charge in [0.1, 0.15) is 18.3 Å². The molecular formula is C30H36ClN3O5S. The van der Waals surface area contributed by atoms with Crippen molar-refractivity contribution < 1.29 is 22.7 Å². The molecule has 1 unspecified atom stereocenters. The topological polar surface area (TPSA) is 96.0 Å². The van der Waals surface area contributed by atoms with E-state index in [0.717, 1.165) is 28.3 Å². The van der Waals surface area contributed by atoms with Crippen molar-refractivity contribution >= 4 is 39.1 Å². The zero-order chi connectivity index (χ0) is 29.3. The van der Waals surface area contributed by atoms with Gasteiger partial charge >= 0.3 is 0 Å². The number of methoxy groups -OCH3 is 1. The van der Waals surface area contributed by atoms with Gasteiger partial charge in [0, 0.05) is 18.1 Å². The molecule has 0 aliphatic carbocycles. The van der Waals surface area contributed by atoms with E-state index >= 15 is 0 Å². The fourth-order valence-electron chi connectivity index (χ4n) is 4.13. The molecule has 0 saturated heterocycles. The fraction of sp³-hybridized carbons (Fsp3) is 0.333.